The molecule has 1 saturated carbocycles. The van der Waals surface area contributed by atoms with Gasteiger partial charge >= 0.3 is 117 Å². The third-order valence-corrected chi connectivity index (χ3v) is 7.71. The molecule has 0 N–H and O–H groups in total. The van der Waals surface area contributed by atoms with Crippen LogP contribution in [0.3, 0.4) is 0 Å². The maximum atomic E-state index is 2.58. The van der Waals surface area contributed by atoms with E-state index in [9.17, 15) is 0 Å². The van der Waals surface area contributed by atoms with E-state index in [2.05, 4.69) is 37.3 Å². The molecule has 0 radical (unpaired) electrons. The Morgan fingerprint density at radius 2 is 1.79 bits per heavy atom. The molecule has 0 aromatic carbocycles. The van der Waals surface area contributed by atoms with Crippen LogP contribution in [0.15, 0.2) is 42.5 Å². The zero-order chi connectivity index (χ0) is 11.7. The third kappa shape index (κ3) is 3.96. The third-order valence-electron chi connectivity index (χ3n) is 4.37. The predicted molar refractivity (Wildman–Crippen MR) is 83.7 cm³/mol. The van der Waals surface area contributed by atoms with Crippen molar-refractivity contribution in [3.05, 3.63) is 42.5 Å². The fourth-order valence-corrected chi connectivity index (χ4v) is 6.28. The molecular formula is C16H22Cl2Zr. The van der Waals surface area contributed by atoms with Gasteiger partial charge in [-0.1, -0.05) is 0 Å². The minimum atomic E-state index is -0.406. The molecule has 0 aromatic rings. The molecule has 0 atom stereocenters. The largest absolute Gasteiger partial charge is 0.147 e. The average molecular weight is 376 g/mol. The van der Waals surface area contributed by atoms with Gasteiger partial charge in [-0.2, -0.15) is 0 Å². The minimum Gasteiger partial charge on any atom is -0.147 e. The molecule has 0 aliphatic heterocycles. The van der Waals surface area contributed by atoms with Crippen molar-refractivity contribution in [2.24, 2.45) is 5.41 Å². The normalized spacial score (nSPS) is 23.1. The van der Waals surface area contributed by atoms with Crippen molar-refractivity contribution in [1.82, 2.24) is 0 Å². The summed E-state index contributed by atoms with van der Waals surface area (Å²) in [6, 6.07) is 0. The van der Waals surface area contributed by atoms with Gasteiger partial charge in [0.1, 0.15) is 0 Å². The molecule has 0 nitrogen and oxygen atoms in total. The van der Waals surface area contributed by atoms with E-state index in [0.29, 0.717) is 5.41 Å². The maximum Gasteiger partial charge on any atom is -0.147 e. The van der Waals surface area contributed by atoms with E-state index < -0.39 is 23.2 Å². The Balaban J connectivity index is 0.000000902. The van der Waals surface area contributed by atoms with Gasteiger partial charge in [0.05, 0.1) is 0 Å². The molecule has 3 aliphatic carbocycles. The van der Waals surface area contributed by atoms with Gasteiger partial charge in [-0.05, 0) is 0 Å². The first-order chi connectivity index (χ1) is 8.26. The summed E-state index contributed by atoms with van der Waals surface area (Å²) >= 11 is -0.406. The Labute approximate surface area is 140 Å². The van der Waals surface area contributed by atoms with Crippen molar-refractivity contribution in [3.8, 4) is 0 Å². The van der Waals surface area contributed by atoms with Crippen LogP contribution in [0, 0.1) is 5.41 Å². The van der Waals surface area contributed by atoms with E-state index in [-0.39, 0.29) is 24.8 Å². The van der Waals surface area contributed by atoms with E-state index in [4.69, 9.17) is 0 Å². The summed E-state index contributed by atoms with van der Waals surface area (Å²) in [4.78, 5) is 0. The fourth-order valence-electron chi connectivity index (χ4n) is 3.22. The molecule has 3 aliphatic rings. The van der Waals surface area contributed by atoms with Crippen LogP contribution < -0.4 is 0 Å². The van der Waals surface area contributed by atoms with E-state index >= 15 is 0 Å². The number of halogens is 2. The second-order valence-corrected chi connectivity index (χ2v) is 9.52. The Bertz CT molecular complexity index is 438. The number of allylic oxidation sites excluding steroid dienone is 8. The zero-order valence-electron chi connectivity index (χ0n) is 11.4. The van der Waals surface area contributed by atoms with Gasteiger partial charge in [0.15, 0.2) is 0 Å². The first-order valence-electron chi connectivity index (χ1n) is 6.80. The Hall–Kier alpha value is 0.423. The fraction of sp³-hybridized carbons (Fsp3) is 0.500. The second kappa shape index (κ2) is 7.44. The summed E-state index contributed by atoms with van der Waals surface area (Å²) in [6.45, 7) is 2.48. The van der Waals surface area contributed by atoms with Crippen LogP contribution in [0.25, 0.3) is 0 Å². The van der Waals surface area contributed by atoms with E-state index in [1.54, 1.807) is 12.1 Å². The number of hydrogen-bond acceptors (Lipinski definition) is 0. The van der Waals surface area contributed by atoms with Crippen molar-refractivity contribution in [2.45, 2.75) is 45.4 Å². The average Bonchev–Trinajstić information content (AvgIpc) is 3.00. The van der Waals surface area contributed by atoms with Gasteiger partial charge in [-0.3, -0.25) is 0 Å². The molecule has 0 saturated heterocycles. The topological polar surface area (TPSA) is 0 Å². The second-order valence-electron chi connectivity index (χ2n) is 5.75. The quantitative estimate of drug-likeness (QED) is 0.606. The summed E-state index contributed by atoms with van der Waals surface area (Å²) in [7, 11) is 0. The van der Waals surface area contributed by atoms with E-state index in [1.165, 1.54) is 38.5 Å². The first kappa shape index (κ1) is 17.5. The van der Waals surface area contributed by atoms with E-state index in [1.807, 2.05) is 0 Å². The molecule has 0 aromatic heterocycles. The Morgan fingerprint density at radius 3 is 2.42 bits per heavy atom. The van der Waals surface area contributed by atoms with Crippen LogP contribution in [0.5, 0.6) is 0 Å². The van der Waals surface area contributed by atoms with Gasteiger partial charge < -0.3 is 0 Å². The van der Waals surface area contributed by atoms with Gasteiger partial charge in [0.2, 0.25) is 0 Å². The van der Waals surface area contributed by atoms with Crippen LogP contribution in [0.2, 0.25) is 0 Å². The van der Waals surface area contributed by atoms with Gasteiger partial charge in [-0.25, -0.2) is 0 Å². The molecule has 3 heteroatoms. The minimum absolute atomic E-state index is 0. The van der Waals surface area contributed by atoms with Gasteiger partial charge in [-0.15, -0.1) is 24.8 Å². The molecule has 19 heavy (non-hydrogen) atoms. The molecule has 1 fully saturated rings. The summed E-state index contributed by atoms with van der Waals surface area (Å²) in [5.41, 5.74) is 2.21. The molecule has 0 unspecified atom stereocenters. The van der Waals surface area contributed by atoms with Crippen molar-refractivity contribution in [3.63, 3.8) is 0 Å². The summed E-state index contributed by atoms with van der Waals surface area (Å²) in [6.07, 6.45) is 20.2. The maximum absolute atomic E-state index is 2.58. The van der Waals surface area contributed by atoms with Crippen LogP contribution in [-0.2, 0) is 23.2 Å². The Kier molecular flexibility index (Phi) is 6.84. The zero-order valence-corrected chi connectivity index (χ0v) is 15.5. The van der Waals surface area contributed by atoms with E-state index in [0.717, 1.165) is 0 Å². The smallest absolute Gasteiger partial charge is 0.147 e. The van der Waals surface area contributed by atoms with Crippen molar-refractivity contribution in [1.29, 1.82) is 0 Å². The van der Waals surface area contributed by atoms with Crippen molar-refractivity contribution in [2.75, 3.05) is 0 Å². The van der Waals surface area contributed by atoms with Crippen LogP contribution >= 0.6 is 24.8 Å². The van der Waals surface area contributed by atoms with Gasteiger partial charge in [0, 0.05) is 0 Å². The SMILES string of the molecule is CC1(C2=CC[C]([Zr][C]3=CC=CC3)=C2)CCCC1.Cl.Cl. The molecule has 0 amide bonds. The summed E-state index contributed by atoms with van der Waals surface area (Å²) in [5.74, 6) is 0. The first-order valence-corrected chi connectivity index (χ1v) is 9.26. The monoisotopic (exact) mass is 374 g/mol. The standard InChI is InChI=1S/C11H15.C5H5.2ClH.Zr/c1-11(8-4-5-9-11)10-6-2-3-7-10;1-2-4-5-3-1;;;/h6-7H,2,4-5,8-9H2,1H3;1-3H,4H2;2*1H;. The predicted octanol–water partition coefficient (Wildman–Crippen LogP) is 5.55. The van der Waals surface area contributed by atoms with Crippen LogP contribution in [0.4, 0.5) is 0 Å². The van der Waals surface area contributed by atoms with Crippen molar-refractivity contribution < 1.29 is 23.2 Å². The molecule has 0 heterocycles. The molecule has 0 bridgehead atoms. The molecule has 3 rings (SSSR count). The van der Waals surface area contributed by atoms with Crippen molar-refractivity contribution >= 4 is 24.8 Å². The van der Waals surface area contributed by atoms with Crippen LogP contribution in [0.1, 0.15) is 45.4 Å². The van der Waals surface area contributed by atoms with Gasteiger partial charge in [0.25, 0.3) is 0 Å². The molecule has 104 valence electrons. The van der Waals surface area contributed by atoms with Crippen LogP contribution in [-0.4, -0.2) is 0 Å². The summed E-state index contributed by atoms with van der Waals surface area (Å²) < 4.78 is 3.55. The number of hydrogen-bond donors (Lipinski definition) is 0. The number of rotatable bonds is 3. The Morgan fingerprint density at radius 1 is 1.05 bits per heavy atom. The molecule has 0 spiro atoms. The summed E-state index contributed by atoms with van der Waals surface area (Å²) in [5, 5.41) is 0. The molecular weight excluding hydrogens is 354 g/mol.